The van der Waals surface area contributed by atoms with Crippen LogP contribution in [0.2, 0.25) is 5.02 Å². The topological polar surface area (TPSA) is 43.8 Å². The van der Waals surface area contributed by atoms with Crippen LogP contribution in [-0.2, 0) is 6.42 Å². The molecule has 1 aromatic carbocycles. The maximum absolute atomic E-state index is 13.8. The Morgan fingerprint density at radius 3 is 3.14 bits per heavy atom. The Balaban J connectivity index is 1.96. The Hall–Kier alpha value is -1.59. The van der Waals surface area contributed by atoms with Crippen LogP contribution < -0.4 is 5.73 Å². The van der Waals surface area contributed by atoms with Gasteiger partial charge in [-0.3, -0.25) is 0 Å². The lowest BCUT2D eigenvalue weighted by Gasteiger charge is -2.25. The van der Waals surface area contributed by atoms with Gasteiger partial charge in [0.1, 0.15) is 5.82 Å². The van der Waals surface area contributed by atoms with E-state index in [1.54, 1.807) is 11.3 Å². The number of nitrogens with zero attached hydrogens (tertiary/aromatic N) is 2. The van der Waals surface area contributed by atoms with Crippen molar-refractivity contribution < 1.29 is 4.39 Å². The first-order valence-corrected chi connectivity index (χ1v) is 8.09. The van der Waals surface area contributed by atoms with E-state index >= 15 is 0 Å². The average molecular weight is 322 g/mol. The summed E-state index contributed by atoms with van der Waals surface area (Å²) < 4.78 is 15.8. The number of aryl methyl sites for hydroxylation is 1. The summed E-state index contributed by atoms with van der Waals surface area (Å²) in [5, 5.41) is 2.18. The molecule has 0 saturated carbocycles. The van der Waals surface area contributed by atoms with Gasteiger partial charge >= 0.3 is 0 Å². The molecule has 3 aromatic rings. The zero-order valence-electron chi connectivity index (χ0n) is 11.1. The summed E-state index contributed by atoms with van der Waals surface area (Å²) >= 11 is 7.61. The predicted molar refractivity (Wildman–Crippen MR) is 84.5 cm³/mol. The first kappa shape index (κ1) is 13.1. The minimum Gasteiger partial charge on any atom is -0.369 e. The number of hydrogen-bond acceptors (Lipinski definition) is 3. The lowest BCUT2D eigenvalue weighted by Crippen LogP contribution is -2.17. The molecule has 108 valence electrons. The Morgan fingerprint density at radius 1 is 1.43 bits per heavy atom. The van der Waals surface area contributed by atoms with Gasteiger partial charge in [0.25, 0.3) is 0 Å². The fourth-order valence-electron chi connectivity index (χ4n) is 3.17. The highest BCUT2D eigenvalue weighted by molar-refractivity contribution is 7.10. The van der Waals surface area contributed by atoms with Crippen molar-refractivity contribution in [1.82, 2.24) is 9.55 Å². The fourth-order valence-corrected chi connectivity index (χ4v) is 4.31. The molecule has 0 aliphatic heterocycles. The highest BCUT2D eigenvalue weighted by atomic mass is 35.5. The maximum atomic E-state index is 13.8. The molecule has 1 aliphatic carbocycles. The number of imidazole rings is 1. The van der Waals surface area contributed by atoms with Crippen LogP contribution in [0.25, 0.3) is 11.0 Å². The number of nitrogens with two attached hydrogens (primary N) is 1. The molecule has 0 bridgehead atoms. The highest BCUT2D eigenvalue weighted by Crippen LogP contribution is 2.39. The zero-order valence-corrected chi connectivity index (χ0v) is 12.7. The zero-order chi connectivity index (χ0) is 14.6. The Kier molecular flexibility index (Phi) is 2.94. The molecule has 1 aliphatic rings. The van der Waals surface area contributed by atoms with Gasteiger partial charge in [-0.15, -0.1) is 11.3 Å². The van der Waals surface area contributed by atoms with Gasteiger partial charge in [-0.1, -0.05) is 11.6 Å². The first-order valence-electron chi connectivity index (χ1n) is 6.84. The molecule has 4 rings (SSSR count). The third kappa shape index (κ3) is 1.95. The molecule has 21 heavy (non-hydrogen) atoms. The monoisotopic (exact) mass is 321 g/mol. The van der Waals surface area contributed by atoms with Gasteiger partial charge in [0, 0.05) is 10.9 Å². The Morgan fingerprint density at radius 2 is 2.29 bits per heavy atom. The van der Waals surface area contributed by atoms with Crippen LogP contribution in [0.1, 0.15) is 29.3 Å². The second kappa shape index (κ2) is 4.71. The van der Waals surface area contributed by atoms with E-state index in [9.17, 15) is 4.39 Å². The molecule has 1 atom stereocenters. The predicted octanol–water partition coefficient (Wildman–Crippen LogP) is 4.40. The van der Waals surface area contributed by atoms with Crippen molar-refractivity contribution in [3.05, 3.63) is 44.9 Å². The van der Waals surface area contributed by atoms with E-state index in [2.05, 4.69) is 16.4 Å². The molecule has 2 heterocycles. The molecule has 0 radical (unpaired) electrons. The number of aromatic nitrogens is 2. The summed E-state index contributed by atoms with van der Waals surface area (Å²) in [5.41, 5.74) is 8.73. The van der Waals surface area contributed by atoms with Gasteiger partial charge in [0.2, 0.25) is 5.95 Å². The van der Waals surface area contributed by atoms with Gasteiger partial charge in [-0.25, -0.2) is 9.37 Å². The van der Waals surface area contributed by atoms with Gasteiger partial charge in [0.05, 0.1) is 22.1 Å². The molecule has 2 N–H and O–H groups in total. The number of thiophene rings is 1. The van der Waals surface area contributed by atoms with E-state index in [1.165, 1.54) is 22.6 Å². The van der Waals surface area contributed by atoms with Crippen molar-refractivity contribution in [3.63, 3.8) is 0 Å². The first-order chi connectivity index (χ1) is 10.1. The average Bonchev–Trinajstić information content (AvgIpc) is 3.03. The number of nitrogen functional groups attached to an aromatic ring is 1. The summed E-state index contributed by atoms with van der Waals surface area (Å²) in [6, 6.07) is 5.24. The van der Waals surface area contributed by atoms with Crippen molar-refractivity contribution in [1.29, 1.82) is 0 Å². The third-order valence-corrected chi connectivity index (χ3v) is 5.38. The van der Waals surface area contributed by atoms with E-state index in [0.717, 1.165) is 19.3 Å². The van der Waals surface area contributed by atoms with Crippen LogP contribution in [0, 0.1) is 5.82 Å². The Labute approximate surface area is 130 Å². The van der Waals surface area contributed by atoms with Crippen LogP contribution in [0.3, 0.4) is 0 Å². The van der Waals surface area contributed by atoms with Crippen LogP contribution in [0.4, 0.5) is 10.3 Å². The molecule has 6 heteroatoms. The molecule has 3 nitrogen and oxygen atoms in total. The van der Waals surface area contributed by atoms with Crippen LogP contribution in [-0.4, -0.2) is 9.55 Å². The number of hydrogen-bond donors (Lipinski definition) is 1. The van der Waals surface area contributed by atoms with E-state index < -0.39 is 5.82 Å². The smallest absolute Gasteiger partial charge is 0.201 e. The minimum absolute atomic E-state index is 0.0759. The van der Waals surface area contributed by atoms with Crippen molar-refractivity contribution in [2.24, 2.45) is 0 Å². The molecule has 0 saturated heterocycles. The largest absolute Gasteiger partial charge is 0.369 e. The molecular weight excluding hydrogens is 309 g/mol. The van der Waals surface area contributed by atoms with Crippen LogP contribution in [0.5, 0.6) is 0 Å². The summed E-state index contributed by atoms with van der Waals surface area (Å²) in [6.45, 7) is 0. The van der Waals surface area contributed by atoms with E-state index in [1.807, 2.05) is 4.57 Å². The van der Waals surface area contributed by atoms with Gasteiger partial charge in [-0.05, 0) is 42.3 Å². The minimum atomic E-state index is -0.438. The summed E-state index contributed by atoms with van der Waals surface area (Å²) in [4.78, 5) is 5.73. The lowest BCUT2D eigenvalue weighted by molar-refractivity contribution is 0.509. The summed E-state index contributed by atoms with van der Waals surface area (Å²) in [7, 11) is 0. The summed E-state index contributed by atoms with van der Waals surface area (Å²) in [5.74, 6) is -0.0256. The van der Waals surface area contributed by atoms with Gasteiger partial charge < -0.3 is 10.3 Å². The molecule has 0 fully saturated rings. The standard InChI is InChI=1S/C15H13ClFN3S/c16-9-6-11-13(7-10(9)17)20(15(18)19-11)12-2-1-3-14-8(12)4-5-21-14/h4-7,12H,1-3H2,(H2,18,19). The van der Waals surface area contributed by atoms with Crippen LogP contribution >= 0.6 is 22.9 Å². The van der Waals surface area contributed by atoms with Gasteiger partial charge in [0.15, 0.2) is 0 Å². The van der Waals surface area contributed by atoms with Crippen molar-refractivity contribution in [3.8, 4) is 0 Å². The molecule has 0 spiro atoms. The number of benzene rings is 1. The van der Waals surface area contributed by atoms with Gasteiger partial charge in [-0.2, -0.15) is 0 Å². The number of fused-ring (bicyclic) bond motifs is 2. The molecule has 2 aromatic heterocycles. The van der Waals surface area contributed by atoms with Crippen LogP contribution in [0.15, 0.2) is 23.6 Å². The third-order valence-electron chi connectivity index (χ3n) is 4.09. The number of anilines is 1. The summed E-state index contributed by atoms with van der Waals surface area (Å²) in [6.07, 6.45) is 3.20. The second-order valence-corrected chi connectivity index (χ2v) is 6.71. The van der Waals surface area contributed by atoms with Crippen molar-refractivity contribution in [2.75, 3.05) is 5.73 Å². The van der Waals surface area contributed by atoms with E-state index in [0.29, 0.717) is 17.0 Å². The van der Waals surface area contributed by atoms with E-state index in [-0.39, 0.29) is 11.1 Å². The normalized spacial score (nSPS) is 18.1. The van der Waals surface area contributed by atoms with Crippen molar-refractivity contribution >= 4 is 39.9 Å². The number of rotatable bonds is 1. The van der Waals surface area contributed by atoms with Crippen molar-refractivity contribution in [2.45, 2.75) is 25.3 Å². The maximum Gasteiger partial charge on any atom is 0.201 e. The van der Waals surface area contributed by atoms with E-state index in [4.69, 9.17) is 17.3 Å². The Bertz CT molecular complexity index is 839. The fraction of sp³-hybridized carbons (Fsp3) is 0.267. The quantitative estimate of drug-likeness (QED) is 0.722. The number of halogens is 2. The second-order valence-electron chi connectivity index (χ2n) is 5.30. The molecule has 0 amide bonds. The SMILES string of the molecule is Nc1nc2cc(Cl)c(F)cc2n1C1CCCc2sccc21. The molecular formula is C15H13ClFN3S. The lowest BCUT2D eigenvalue weighted by atomic mass is 9.93. The molecule has 1 unspecified atom stereocenters. The highest BCUT2D eigenvalue weighted by Gasteiger charge is 2.26.